The number of H-pyrrole nitrogens is 1. The van der Waals surface area contributed by atoms with Crippen molar-refractivity contribution in [1.82, 2.24) is 19.7 Å². The number of ether oxygens (including phenoxy) is 1. The maximum absolute atomic E-state index is 12.6. The number of hydrogen-bond donors (Lipinski definition) is 2. The molecular weight excluding hydrogens is 450 g/mol. The largest absolute Gasteiger partial charge is 0.376 e. The zero-order valence-corrected chi connectivity index (χ0v) is 19.6. The standard InChI is InChI=1S/C25H25N5O3S/c1-16(31)17-8-10-18(11-9-17)27-23(32)15-34-25-29-28-24(30(25)14-19-5-4-12-33-19)21-13-26-22-7-3-2-6-20(21)22/h2-3,6-11,13,19,26H,4-5,12,14-15H2,1H3,(H,27,32)/t19-/m0/s1. The number of aromatic nitrogens is 4. The molecule has 8 nitrogen and oxygen atoms in total. The van der Waals surface area contributed by atoms with Crippen molar-refractivity contribution < 1.29 is 14.3 Å². The second kappa shape index (κ2) is 9.82. The zero-order valence-electron chi connectivity index (χ0n) is 18.8. The van der Waals surface area contributed by atoms with Crippen molar-refractivity contribution in [1.29, 1.82) is 0 Å². The van der Waals surface area contributed by atoms with E-state index in [4.69, 9.17) is 4.74 Å². The lowest BCUT2D eigenvalue weighted by atomic mass is 10.1. The van der Waals surface area contributed by atoms with Crippen molar-refractivity contribution in [3.05, 3.63) is 60.3 Å². The fourth-order valence-corrected chi connectivity index (χ4v) is 4.87. The summed E-state index contributed by atoms with van der Waals surface area (Å²) < 4.78 is 7.94. The molecule has 0 radical (unpaired) electrons. The monoisotopic (exact) mass is 475 g/mol. The topological polar surface area (TPSA) is 102 Å². The lowest BCUT2D eigenvalue weighted by molar-refractivity contribution is -0.113. The van der Waals surface area contributed by atoms with Gasteiger partial charge in [-0.05, 0) is 50.1 Å². The second-order valence-electron chi connectivity index (χ2n) is 8.27. The number of carbonyl (C=O) groups excluding carboxylic acids is 2. The average molecular weight is 476 g/mol. The quantitative estimate of drug-likeness (QED) is 0.287. The minimum absolute atomic E-state index is 0.00924. The number of nitrogens with zero attached hydrogens (tertiary/aromatic N) is 3. The first-order chi connectivity index (χ1) is 16.6. The SMILES string of the molecule is CC(=O)c1ccc(NC(=O)CSc2nnc(-c3c[nH]c4ccccc34)n2C[C@@H]2CCCO2)cc1. The van der Waals surface area contributed by atoms with E-state index in [1.807, 2.05) is 24.4 Å². The first-order valence-corrected chi connectivity index (χ1v) is 12.2. The van der Waals surface area contributed by atoms with Gasteiger partial charge in [-0.25, -0.2) is 0 Å². The Morgan fingerprint density at radius 3 is 2.76 bits per heavy atom. The van der Waals surface area contributed by atoms with Crippen molar-refractivity contribution in [2.45, 2.75) is 37.6 Å². The van der Waals surface area contributed by atoms with E-state index >= 15 is 0 Å². The maximum atomic E-state index is 12.6. The molecule has 0 aliphatic carbocycles. The van der Waals surface area contributed by atoms with Crippen LogP contribution in [0.3, 0.4) is 0 Å². The summed E-state index contributed by atoms with van der Waals surface area (Å²) in [7, 11) is 0. The van der Waals surface area contributed by atoms with Crippen LogP contribution in [-0.2, 0) is 16.1 Å². The first kappa shape index (κ1) is 22.4. The van der Waals surface area contributed by atoms with E-state index in [-0.39, 0.29) is 23.5 Å². The number of nitrogens with one attached hydrogen (secondary N) is 2. The van der Waals surface area contributed by atoms with Crippen LogP contribution >= 0.6 is 11.8 Å². The Morgan fingerprint density at radius 1 is 1.18 bits per heavy atom. The molecule has 2 N–H and O–H groups in total. The van der Waals surface area contributed by atoms with E-state index < -0.39 is 0 Å². The predicted molar refractivity (Wildman–Crippen MR) is 132 cm³/mol. The number of ketones is 1. The van der Waals surface area contributed by atoms with Gasteiger partial charge in [-0.1, -0.05) is 30.0 Å². The number of rotatable bonds is 8. The summed E-state index contributed by atoms with van der Waals surface area (Å²) in [6.07, 6.45) is 4.09. The Labute approximate surface area is 201 Å². The van der Waals surface area contributed by atoms with Gasteiger partial charge < -0.3 is 15.0 Å². The average Bonchev–Trinajstić information content (AvgIpc) is 3.59. The van der Waals surface area contributed by atoms with Crippen molar-refractivity contribution in [2.24, 2.45) is 0 Å². The fraction of sp³-hybridized carbons (Fsp3) is 0.280. The highest BCUT2D eigenvalue weighted by atomic mass is 32.2. The molecule has 1 aliphatic rings. The maximum Gasteiger partial charge on any atom is 0.234 e. The summed E-state index contributed by atoms with van der Waals surface area (Å²) in [6, 6.07) is 15.0. The fourth-order valence-electron chi connectivity index (χ4n) is 4.12. The van der Waals surface area contributed by atoms with E-state index in [2.05, 4.69) is 31.1 Å². The Hall–Kier alpha value is -3.43. The van der Waals surface area contributed by atoms with Crippen LogP contribution in [0.15, 0.2) is 59.9 Å². The molecule has 1 fully saturated rings. The molecule has 0 bridgehead atoms. The summed E-state index contributed by atoms with van der Waals surface area (Å²) in [5.41, 5.74) is 3.27. The molecule has 1 amide bonds. The minimum atomic E-state index is -0.152. The van der Waals surface area contributed by atoms with Gasteiger partial charge in [0.2, 0.25) is 5.91 Å². The van der Waals surface area contributed by atoms with Gasteiger partial charge in [-0.2, -0.15) is 0 Å². The Balaban J connectivity index is 1.34. The van der Waals surface area contributed by atoms with Crippen LogP contribution in [0.5, 0.6) is 0 Å². The van der Waals surface area contributed by atoms with Crippen LogP contribution in [-0.4, -0.2) is 49.9 Å². The van der Waals surface area contributed by atoms with Crippen LogP contribution in [0, 0.1) is 0 Å². The third-order valence-electron chi connectivity index (χ3n) is 5.86. The van der Waals surface area contributed by atoms with Gasteiger partial charge in [0.15, 0.2) is 16.8 Å². The molecule has 1 aliphatic heterocycles. The zero-order chi connectivity index (χ0) is 23.5. The number of anilines is 1. The van der Waals surface area contributed by atoms with Crippen LogP contribution in [0.25, 0.3) is 22.3 Å². The van der Waals surface area contributed by atoms with Gasteiger partial charge in [0.25, 0.3) is 0 Å². The highest BCUT2D eigenvalue weighted by Gasteiger charge is 2.23. The van der Waals surface area contributed by atoms with E-state index in [1.54, 1.807) is 24.3 Å². The highest BCUT2D eigenvalue weighted by Crippen LogP contribution is 2.31. The molecule has 0 spiro atoms. The van der Waals surface area contributed by atoms with Gasteiger partial charge in [-0.15, -0.1) is 10.2 Å². The molecule has 9 heteroatoms. The summed E-state index contributed by atoms with van der Waals surface area (Å²) in [5, 5.41) is 13.5. The lowest BCUT2D eigenvalue weighted by Crippen LogP contribution is -2.18. The molecule has 2 aromatic heterocycles. The molecule has 5 rings (SSSR count). The van der Waals surface area contributed by atoms with E-state index in [0.29, 0.717) is 23.0 Å². The Bertz CT molecular complexity index is 1320. The van der Waals surface area contributed by atoms with E-state index in [9.17, 15) is 9.59 Å². The lowest BCUT2D eigenvalue weighted by Gasteiger charge is -2.14. The number of para-hydroxylation sites is 1. The van der Waals surface area contributed by atoms with E-state index in [0.717, 1.165) is 41.7 Å². The van der Waals surface area contributed by atoms with Gasteiger partial charge >= 0.3 is 0 Å². The van der Waals surface area contributed by atoms with Crippen LogP contribution in [0.1, 0.15) is 30.1 Å². The Morgan fingerprint density at radius 2 is 2.00 bits per heavy atom. The molecule has 2 aromatic carbocycles. The van der Waals surface area contributed by atoms with Crippen molar-refractivity contribution >= 4 is 40.0 Å². The third kappa shape index (κ3) is 4.76. The number of aromatic amines is 1. The van der Waals surface area contributed by atoms with Crippen LogP contribution in [0.4, 0.5) is 5.69 Å². The Kier molecular flexibility index (Phi) is 6.46. The van der Waals surface area contributed by atoms with E-state index in [1.165, 1.54) is 18.7 Å². The van der Waals surface area contributed by atoms with Crippen molar-refractivity contribution in [2.75, 3.05) is 17.7 Å². The van der Waals surface area contributed by atoms with Crippen LogP contribution in [0.2, 0.25) is 0 Å². The van der Waals surface area contributed by atoms with Gasteiger partial charge in [0.1, 0.15) is 0 Å². The number of fused-ring (bicyclic) bond motifs is 1. The highest BCUT2D eigenvalue weighted by molar-refractivity contribution is 7.99. The summed E-state index contributed by atoms with van der Waals surface area (Å²) in [6.45, 7) is 2.92. The van der Waals surface area contributed by atoms with Gasteiger partial charge in [-0.3, -0.25) is 14.2 Å². The number of benzene rings is 2. The molecule has 0 unspecified atom stereocenters. The molecule has 3 heterocycles. The predicted octanol–water partition coefficient (Wildman–Crippen LogP) is 4.54. The van der Waals surface area contributed by atoms with Crippen LogP contribution < -0.4 is 5.32 Å². The summed E-state index contributed by atoms with van der Waals surface area (Å²) in [4.78, 5) is 27.3. The second-order valence-corrected chi connectivity index (χ2v) is 9.21. The number of carbonyl (C=O) groups is 2. The third-order valence-corrected chi connectivity index (χ3v) is 6.83. The summed E-state index contributed by atoms with van der Waals surface area (Å²) in [5.74, 6) is 0.785. The minimum Gasteiger partial charge on any atom is -0.376 e. The number of thioether (sulfide) groups is 1. The molecule has 34 heavy (non-hydrogen) atoms. The van der Waals surface area contributed by atoms with Gasteiger partial charge in [0.05, 0.1) is 18.4 Å². The normalized spacial score (nSPS) is 15.6. The molecule has 1 saturated heterocycles. The summed E-state index contributed by atoms with van der Waals surface area (Å²) >= 11 is 1.35. The number of hydrogen-bond acceptors (Lipinski definition) is 6. The van der Waals surface area contributed by atoms with Crippen molar-refractivity contribution in [3.63, 3.8) is 0 Å². The molecule has 4 aromatic rings. The molecule has 1 atom stereocenters. The number of Topliss-reactive ketones (excluding diaryl/α,β-unsaturated/α-hetero) is 1. The molecule has 0 saturated carbocycles. The number of amides is 1. The molecular formula is C25H25N5O3S. The smallest absolute Gasteiger partial charge is 0.234 e. The van der Waals surface area contributed by atoms with Crippen molar-refractivity contribution in [3.8, 4) is 11.4 Å². The first-order valence-electron chi connectivity index (χ1n) is 11.2. The van der Waals surface area contributed by atoms with Gasteiger partial charge in [0, 0.05) is 40.5 Å². The molecule has 174 valence electrons.